The van der Waals surface area contributed by atoms with Crippen molar-refractivity contribution in [3.8, 4) is 0 Å². The molecule has 0 radical (unpaired) electrons. The third kappa shape index (κ3) is 3.31. The van der Waals surface area contributed by atoms with Gasteiger partial charge in [-0.1, -0.05) is 13.0 Å². The zero-order valence-electron chi connectivity index (χ0n) is 11.4. The van der Waals surface area contributed by atoms with Crippen LogP contribution < -0.4 is 10.5 Å². The van der Waals surface area contributed by atoms with E-state index in [4.69, 9.17) is 5.73 Å². The molecule has 0 saturated carbocycles. The topological polar surface area (TPSA) is 72.2 Å². The van der Waals surface area contributed by atoms with E-state index in [1.54, 1.807) is 6.07 Å². The van der Waals surface area contributed by atoms with E-state index in [9.17, 15) is 8.42 Å². The highest BCUT2D eigenvalue weighted by molar-refractivity contribution is 7.89. The van der Waals surface area contributed by atoms with Gasteiger partial charge in [-0.25, -0.2) is 13.1 Å². The first-order valence-electron chi connectivity index (χ1n) is 6.14. The highest BCUT2D eigenvalue weighted by Gasteiger charge is 2.20. The molecule has 0 amide bonds. The first-order valence-corrected chi connectivity index (χ1v) is 7.62. The predicted octanol–water partition coefficient (Wildman–Crippen LogP) is 1.84. The van der Waals surface area contributed by atoms with Crippen LogP contribution in [0.5, 0.6) is 0 Å². The first kappa shape index (κ1) is 15.1. The molecule has 102 valence electrons. The lowest BCUT2D eigenvalue weighted by atomic mass is 10.1. The Kier molecular flexibility index (Phi) is 4.90. The maximum atomic E-state index is 12.3. The monoisotopic (exact) mass is 270 g/mol. The summed E-state index contributed by atoms with van der Waals surface area (Å²) < 4.78 is 27.3. The summed E-state index contributed by atoms with van der Waals surface area (Å²) in [6, 6.07) is 3.52. The SMILES string of the molecule is CCC(C)NS(=O)(=O)c1cc(CN)cc(C)c1C. The van der Waals surface area contributed by atoms with Gasteiger partial charge in [0.15, 0.2) is 0 Å². The molecule has 0 aromatic heterocycles. The molecule has 0 aliphatic heterocycles. The summed E-state index contributed by atoms with van der Waals surface area (Å²) in [5.41, 5.74) is 8.16. The number of aryl methyl sites for hydroxylation is 1. The molecule has 0 heterocycles. The van der Waals surface area contributed by atoms with Crippen molar-refractivity contribution in [3.63, 3.8) is 0 Å². The molecule has 1 aromatic carbocycles. The fraction of sp³-hybridized carbons (Fsp3) is 0.538. The van der Waals surface area contributed by atoms with E-state index in [0.29, 0.717) is 11.4 Å². The number of rotatable bonds is 5. The van der Waals surface area contributed by atoms with Crippen LogP contribution in [0.25, 0.3) is 0 Å². The molecule has 4 nitrogen and oxygen atoms in total. The van der Waals surface area contributed by atoms with Gasteiger partial charge < -0.3 is 5.73 Å². The molecule has 0 spiro atoms. The van der Waals surface area contributed by atoms with Crippen molar-refractivity contribution in [2.24, 2.45) is 5.73 Å². The molecule has 0 bridgehead atoms. The number of nitrogens with one attached hydrogen (secondary N) is 1. The van der Waals surface area contributed by atoms with Crippen molar-refractivity contribution in [1.82, 2.24) is 4.72 Å². The van der Waals surface area contributed by atoms with Crippen molar-refractivity contribution >= 4 is 10.0 Å². The maximum absolute atomic E-state index is 12.3. The van der Waals surface area contributed by atoms with E-state index < -0.39 is 10.0 Å². The Morgan fingerprint density at radius 3 is 2.44 bits per heavy atom. The average molecular weight is 270 g/mol. The van der Waals surface area contributed by atoms with Crippen LogP contribution in [0, 0.1) is 13.8 Å². The molecule has 5 heteroatoms. The lowest BCUT2D eigenvalue weighted by molar-refractivity contribution is 0.555. The van der Waals surface area contributed by atoms with Gasteiger partial charge in [0, 0.05) is 12.6 Å². The van der Waals surface area contributed by atoms with Gasteiger partial charge in [0.25, 0.3) is 0 Å². The second-order valence-electron chi connectivity index (χ2n) is 4.67. The molecular formula is C13H22N2O2S. The summed E-state index contributed by atoms with van der Waals surface area (Å²) >= 11 is 0. The fourth-order valence-electron chi connectivity index (χ4n) is 1.71. The van der Waals surface area contributed by atoms with Crippen LogP contribution in [-0.4, -0.2) is 14.5 Å². The molecule has 1 atom stereocenters. The molecule has 0 saturated heterocycles. The summed E-state index contributed by atoms with van der Waals surface area (Å²) in [5.74, 6) is 0. The molecule has 0 fully saturated rings. The van der Waals surface area contributed by atoms with Crippen LogP contribution in [0.15, 0.2) is 17.0 Å². The third-order valence-corrected chi connectivity index (χ3v) is 4.89. The van der Waals surface area contributed by atoms with E-state index in [0.717, 1.165) is 23.1 Å². The Morgan fingerprint density at radius 2 is 1.94 bits per heavy atom. The second-order valence-corrected chi connectivity index (χ2v) is 6.35. The van der Waals surface area contributed by atoms with Gasteiger partial charge >= 0.3 is 0 Å². The smallest absolute Gasteiger partial charge is 0.241 e. The van der Waals surface area contributed by atoms with Crippen LogP contribution >= 0.6 is 0 Å². The van der Waals surface area contributed by atoms with Crippen LogP contribution in [0.2, 0.25) is 0 Å². The van der Waals surface area contributed by atoms with Crippen LogP contribution in [0.1, 0.15) is 37.0 Å². The molecule has 1 unspecified atom stereocenters. The van der Waals surface area contributed by atoms with Crippen molar-refractivity contribution in [2.45, 2.75) is 51.6 Å². The van der Waals surface area contributed by atoms with Gasteiger partial charge in [0.2, 0.25) is 10.0 Å². The quantitative estimate of drug-likeness (QED) is 0.857. The highest BCUT2D eigenvalue weighted by Crippen LogP contribution is 2.21. The van der Waals surface area contributed by atoms with Crippen molar-refractivity contribution < 1.29 is 8.42 Å². The maximum Gasteiger partial charge on any atom is 0.241 e. The van der Waals surface area contributed by atoms with E-state index in [1.807, 2.05) is 33.8 Å². The zero-order valence-corrected chi connectivity index (χ0v) is 12.3. The van der Waals surface area contributed by atoms with Gasteiger partial charge in [0.05, 0.1) is 4.90 Å². The van der Waals surface area contributed by atoms with Crippen LogP contribution in [0.4, 0.5) is 0 Å². The molecule has 0 aliphatic carbocycles. The second kappa shape index (κ2) is 5.82. The molecule has 1 aromatic rings. The Bertz CT molecular complexity index is 524. The minimum Gasteiger partial charge on any atom is -0.326 e. The lowest BCUT2D eigenvalue weighted by Crippen LogP contribution is -2.32. The largest absolute Gasteiger partial charge is 0.326 e. The normalized spacial score (nSPS) is 13.6. The Labute approximate surface area is 110 Å². The Balaban J connectivity index is 3.27. The van der Waals surface area contributed by atoms with E-state index >= 15 is 0 Å². The Hall–Kier alpha value is -0.910. The zero-order chi connectivity index (χ0) is 13.9. The summed E-state index contributed by atoms with van der Waals surface area (Å²) in [5, 5.41) is 0. The van der Waals surface area contributed by atoms with E-state index in [-0.39, 0.29) is 6.04 Å². The first-order chi connectivity index (χ1) is 8.31. The average Bonchev–Trinajstić information content (AvgIpc) is 2.31. The van der Waals surface area contributed by atoms with Crippen molar-refractivity contribution in [3.05, 3.63) is 28.8 Å². The van der Waals surface area contributed by atoms with E-state index in [1.165, 1.54) is 0 Å². The summed E-state index contributed by atoms with van der Waals surface area (Å²) in [4.78, 5) is 0.336. The van der Waals surface area contributed by atoms with Gasteiger partial charge in [-0.3, -0.25) is 0 Å². The predicted molar refractivity (Wildman–Crippen MR) is 73.9 cm³/mol. The standard InChI is InChI=1S/C13H22N2O2S/c1-5-10(3)15-18(16,17)13-7-12(8-14)6-9(2)11(13)4/h6-7,10,15H,5,8,14H2,1-4H3. The molecular weight excluding hydrogens is 248 g/mol. The third-order valence-electron chi connectivity index (χ3n) is 3.17. The van der Waals surface area contributed by atoms with E-state index in [2.05, 4.69) is 4.72 Å². The lowest BCUT2D eigenvalue weighted by Gasteiger charge is -2.16. The number of hydrogen-bond acceptors (Lipinski definition) is 3. The summed E-state index contributed by atoms with van der Waals surface area (Å²) in [6.07, 6.45) is 0.758. The number of benzene rings is 1. The number of nitrogens with two attached hydrogens (primary N) is 1. The summed E-state index contributed by atoms with van der Waals surface area (Å²) in [6.45, 7) is 7.86. The molecule has 0 aliphatic rings. The van der Waals surface area contributed by atoms with Gasteiger partial charge in [-0.15, -0.1) is 0 Å². The van der Waals surface area contributed by atoms with Crippen molar-refractivity contribution in [2.75, 3.05) is 0 Å². The minimum atomic E-state index is -3.46. The number of sulfonamides is 1. The van der Waals surface area contributed by atoms with Gasteiger partial charge in [0.1, 0.15) is 0 Å². The summed E-state index contributed by atoms with van der Waals surface area (Å²) in [7, 11) is -3.46. The molecule has 3 N–H and O–H groups in total. The molecule has 1 rings (SSSR count). The Morgan fingerprint density at radius 1 is 1.33 bits per heavy atom. The van der Waals surface area contributed by atoms with Crippen LogP contribution in [0.3, 0.4) is 0 Å². The van der Waals surface area contributed by atoms with Gasteiger partial charge in [-0.2, -0.15) is 0 Å². The minimum absolute atomic E-state index is 0.0729. The highest BCUT2D eigenvalue weighted by atomic mass is 32.2. The molecule has 18 heavy (non-hydrogen) atoms. The fourth-order valence-corrected chi connectivity index (χ4v) is 3.40. The van der Waals surface area contributed by atoms with Crippen molar-refractivity contribution in [1.29, 1.82) is 0 Å². The number of hydrogen-bond donors (Lipinski definition) is 2. The van der Waals surface area contributed by atoms with Crippen LogP contribution in [-0.2, 0) is 16.6 Å². The van der Waals surface area contributed by atoms with Gasteiger partial charge in [-0.05, 0) is 49.9 Å².